The van der Waals surface area contributed by atoms with Crippen LogP contribution in [0.15, 0.2) is 42.5 Å². The van der Waals surface area contributed by atoms with Crippen LogP contribution in [0.4, 0.5) is 15.8 Å². The van der Waals surface area contributed by atoms with Gasteiger partial charge in [0, 0.05) is 73.2 Å². The molecular formula is C22H24FN3O. The maximum absolute atomic E-state index is 13.8. The first-order chi connectivity index (χ1) is 13.2. The van der Waals surface area contributed by atoms with E-state index in [1.54, 1.807) is 12.1 Å². The molecule has 4 nitrogen and oxygen atoms in total. The second-order valence-corrected chi connectivity index (χ2v) is 7.43. The maximum atomic E-state index is 13.8. The fraction of sp³-hybridized carbons (Fsp3) is 0.364. The number of aryl methyl sites for hydroxylation is 1. The number of morpholine rings is 1. The molecule has 0 spiro atoms. The predicted octanol–water partition coefficient (Wildman–Crippen LogP) is 3.72. The van der Waals surface area contributed by atoms with Gasteiger partial charge in [0.15, 0.2) is 0 Å². The topological polar surface area (TPSA) is 20.6 Å². The van der Waals surface area contributed by atoms with E-state index in [-0.39, 0.29) is 5.82 Å². The number of fused-ring (bicyclic) bond motifs is 3. The number of hydrogen-bond acceptors (Lipinski definition) is 3. The molecule has 3 heterocycles. The molecule has 3 aromatic rings. The third kappa shape index (κ3) is 2.86. The molecule has 0 saturated carbocycles. The lowest BCUT2D eigenvalue weighted by Crippen LogP contribution is -2.36. The lowest BCUT2D eigenvalue weighted by Gasteiger charge is -2.32. The normalized spacial score (nSPS) is 17.4. The Kier molecular flexibility index (Phi) is 4.05. The zero-order chi connectivity index (χ0) is 18.4. The van der Waals surface area contributed by atoms with Crippen molar-refractivity contribution in [3.05, 3.63) is 59.5 Å². The molecule has 0 aliphatic carbocycles. The van der Waals surface area contributed by atoms with Crippen molar-refractivity contribution in [1.82, 2.24) is 4.57 Å². The highest BCUT2D eigenvalue weighted by Crippen LogP contribution is 2.33. The summed E-state index contributed by atoms with van der Waals surface area (Å²) in [5.74, 6) is -0.164. The van der Waals surface area contributed by atoms with Gasteiger partial charge >= 0.3 is 0 Å². The summed E-state index contributed by atoms with van der Waals surface area (Å²) < 4.78 is 21.5. The third-order valence-corrected chi connectivity index (χ3v) is 5.96. The van der Waals surface area contributed by atoms with Crippen molar-refractivity contribution in [1.29, 1.82) is 0 Å². The van der Waals surface area contributed by atoms with Crippen molar-refractivity contribution in [2.24, 2.45) is 7.05 Å². The van der Waals surface area contributed by atoms with Gasteiger partial charge < -0.3 is 19.1 Å². The monoisotopic (exact) mass is 365 g/mol. The van der Waals surface area contributed by atoms with Crippen molar-refractivity contribution in [3.63, 3.8) is 0 Å². The highest BCUT2D eigenvalue weighted by atomic mass is 19.1. The first kappa shape index (κ1) is 16.6. The minimum absolute atomic E-state index is 0.164. The molecule has 2 aliphatic rings. The number of rotatable bonds is 2. The number of halogens is 1. The molecule has 1 fully saturated rings. The largest absolute Gasteiger partial charge is 0.378 e. The molecule has 0 unspecified atom stereocenters. The summed E-state index contributed by atoms with van der Waals surface area (Å²) in [5, 5.41) is 1.04. The van der Waals surface area contributed by atoms with Crippen LogP contribution in [0.25, 0.3) is 10.9 Å². The van der Waals surface area contributed by atoms with Crippen LogP contribution in [-0.4, -0.2) is 37.4 Å². The van der Waals surface area contributed by atoms with Crippen LogP contribution in [-0.2, 0) is 24.8 Å². The van der Waals surface area contributed by atoms with Crippen molar-refractivity contribution in [2.75, 3.05) is 42.6 Å². The van der Waals surface area contributed by atoms with Gasteiger partial charge in [-0.15, -0.1) is 0 Å². The van der Waals surface area contributed by atoms with Crippen LogP contribution < -0.4 is 9.80 Å². The van der Waals surface area contributed by atoms with Crippen molar-refractivity contribution < 1.29 is 9.13 Å². The molecule has 2 aliphatic heterocycles. The number of hydrogen-bond donors (Lipinski definition) is 0. The molecule has 0 amide bonds. The van der Waals surface area contributed by atoms with Gasteiger partial charge in [-0.25, -0.2) is 4.39 Å². The Morgan fingerprint density at radius 3 is 2.33 bits per heavy atom. The van der Waals surface area contributed by atoms with Crippen LogP contribution >= 0.6 is 0 Å². The summed E-state index contributed by atoms with van der Waals surface area (Å²) in [6.07, 6.45) is 0.980. The Bertz CT molecular complexity index is 973. The standard InChI is InChI=1S/C22H24FN3O/c1-24-21-7-2-16(23)14-19(21)20-15-26(9-8-22(20)24)18-5-3-17(4-6-18)25-10-12-27-13-11-25/h2-7,14H,8-13,15H2,1H3. The summed E-state index contributed by atoms with van der Waals surface area (Å²) >= 11 is 0. The molecule has 5 rings (SSSR count). The quantitative estimate of drug-likeness (QED) is 0.691. The summed E-state index contributed by atoms with van der Waals surface area (Å²) in [6.45, 7) is 5.31. The van der Waals surface area contributed by atoms with Crippen molar-refractivity contribution >= 4 is 22.3 Å². The van der Waals surface area contributed by atoms with Gasteiger partial charge in [0.25, 0.3) is 0 Å². The average molecular weight is 365 g/mol. The number of anilines is 2. The third-order valence-electron chi connectivity index (χ3n) is 5.96. The molecule has 5 heteroatoms. The summed E-state index contributed by atoms with van der Waals surface area (Å²) in [6, 6.07) is 14.0. The van der Waals surface area contributed by atoms with E-state index in [4.69, 9.17) is 4.74 Å². The molecule has 1 saturated heterocycles. The highest BCUT2D eigenvalue weighted by molar-refractivity contribution is 5.86. The fourth-order valence-corrected chi connectivity index (χ4v) is 4.47. The van der Waals surface area contributed by atoms with E-state index in [0.29, 0.717) is 0 Å². The minimum Gasteiger partial charge on any atom is -0.378 e. The van der Waals surface area contributed by atoms with E-state index in [1.807, 2.05) is 6.07 Å². The Hall–Kier alpha value is -2.53. The Morgan fingerprint density at radius 2 is 1.59 bits per heavy atom. The van der Waals surface area contributed by atoms with Gasteiger partial charge in [0.2, 0.25) is 0 Å². The molecule has 27 heavy (non-hydrogen) atoms. The molecule has 0 radical (unpaired) electrons. The number of ether oxygens (including phenoxy) is 1. The van der Waals surface area contributed by atoms with Crippen LogP contribution in [0.3, 0.4) is 0 Å². The lowest BCUT2D eigenvalue weighted by atomic mass is 10.0. The van der Waals surface area contributed by atoms with E-state index in [9.17, 15) is 4.39 Å². The zero-order valence-electron chi connectivity index (χ0n) is 15.6. The van der Waals surface area contributed by atoms with E-state index >= 15 is 0 Å². The van der Waals surface area contributed by atoms with Crippen LogP contribution in [0.5, 0.6) is 0 Å². The SMILES string of the molecule is Cn1c2c(c3cc(F)ccc31)CN(c1ccc(N3CCOCC3)cc1)CC2. The van der Waals surface area contributed by atoms with E-state index in [0.717, 1.165) is 56.7 Å². The average Bonchev–Trinajstić information content (AvgIpc) is 3.00. The molecular weight excluding hydrogens is 341 g/mol. The molecule has 0 atom stereocenters. The van der Waals surface area contributed by atoms with Gasteiger partial charge in [0.05, 0.1) is 13.2 Å². The van der Waals surface area contributed by atoms with E-state index < -0.39 is 0 Å². The van der Waals surface area contributed by atoms with Gasteiger partial charge in [-0.1, -0.05) is 0 Å². The molecule has 2 aromatic carbocycles. The smallest absolute Gasteiger partial charge is 0.123 e. The van der Waals surface area contributed by atoms with Crippen molar-refractivity contribution in [3.8, 4) is 0 Å². The van der Waals surface area contributed by atoms with Crippen LogP contribution in [0.2, 0.25) is 0 Å². The summed E-state index contributed by atoms with van der Waals surface area (Å²) in [7, 11) is 2.09. The number of aromatic nitrogens is 1. The van der Waals surface area contributed by atoms with Crippen molar-refractivity contribution in [2.45, 2.75) is 13.0 Å². The summed E-state index contributed by atoms with van der Waals surface area (Å²) in [5.41, 5.74) is 6.19. The maximum Gasteiger partial charge on any atom is 0.123 e. The minimum atomic E-state index is -0.164. The Labute approximate surface area is 158 Å². The molecule has 0 N–H and O–H groups in total. The second-order valence-electron chi connectivity index (χ2n) is 7.43. The summed E-state index contributed by atoms with van der Waals surface area (Å²) in [4.78, 5) is 4.77. The van der Waals surface area contributed by atoms with E-state index in [2.05, 4.69) is 45.7 Å². The molecule has 0 bridgehead atoms. The Morgan fingerprint density at radius 1 is 0.889 bits per heavy atom. The number of nitrogens with zero attached hydrogens (tertiary/aromatic N) is 3. The van der Waals surface area contributed by atoms with Gasteiger partial charge in [-0.2, -0.15) is 0 Å². The fourth-order valence-electron chi connectivity index (χ4n) is 4.47. The van der Waals surface area contributed by atoms with E-state index in [1.165, 1.54) is 22.6 Å². The first-order valence-electron chi connectivity index (χ1n) is 9.64. The Balaban J connectivity index is 1.43. The first-order valence-corrected chi connectivity index (χ1v) is 9.64. The van der Waals surface area contributed by atoms with Gasteiger partial charge in [0.1, 0.15) is 5.82 Å². The molecule has 140 valence electrons. The van der Waals surface area contributed by atoms with Crippen LogP contribution in [0, 0.1) is 5.82 Å². The second kappa shape index (κ2) is 6.57. The van der Waals surface area contributed by atoms with Gasteiger partial charge in [-0.05, 0) is 42.5 Å². The molecule has 1 aromatic heterocycles. The zero-order valence-corrected chi connectivity index (χ0v) is 15.6. The predicted molar refractivity (Wildman–Crippen MR) is 107 cm³/mol. The number of benzene rings is 2. The lowest BCUT2D eigenvalue weighted by molar-refractivity contribution is 0.122. The highest BCUT2D eigenvalue weighted by Gasteiger charge is 2.23. The van der Waals surface area contributed by atoms with Gasteiger partial charge in [-0.3, -0.25) is 0 Å². The van der Waals surface area contributed by atoms with Crippen LogP contribution in [0.1, 0.15) is 11.3 Å².